The number of aromatic hydroxyl groups is 1. The quantitative estimate of drug-likeness (QED) is 0.497. The maximum atomic E-state index is 11.7. The number of fused-ring (bicyclic) bond motifs is 1. The van der Waals surface area contributed by atoms with Gasteiger partial charge in [0.05, 0.1) is 11.5 Å². The number of rotatable bonds is 6. The van der Waals surface area contributed by atoms with Crippen molar-refractivity contribution in [3.63, 3.8) is 0 Å². The van der Waals surface area contributed by atoms with Crippen LogP contribution in [0, 0.1) is 5.92 Å². The number of ketones is 1. The summed E-state index contributed by atoms with van der Waals surface area (Å²) in [6.45, 7) is 3.27. The molecule has 0 aliphatic heterocycles. The van der Waals surface area contributed by atoms with Gasteiger partial charge in [0.15, 0.2) is 6.29 Å². The fourth-order valence-electron chi connectivity index (χ4n) is 3.34. The Labute approximate surface area is 163 Å². The molecule has 0 heterocycles. The van der Waals surface area contributed by atoms with E-state index in [-0.39, 0.29) is 17.1 Å². The summed E-state index contributed by atoms with van der Waals surface area (Å²) in [6.07, 6.45) is 2.94. The van der Waals surface area contributed by atoms with E-state index in [2.05, 4.69) is 0 Å². The molecule has 140 valence electrons. The SMILES string of the molecule is CC(=O)C(C=O)/C=C(\C)c1cccc2cccc(-c3ccc(O)c(C=O)c3)c12. The molecule has 1 atom stereocenters. The van der Waals surface area contributed by atoms with E-state index in [4.69, 9.17) is 0 Å². The average molecular weight is 372 g/mol. The molecule has 0 bridgehead atoms. The van der Waals surface area contributed by atoms with Crippen molar-refractivity contribution in [1.29, 1.82) is 0 Å². The van der Waals surface area contributed by atoms with Crippen molar-refractivity contribution in [3.05, 3.63) is 71.8 Å². The molecule has 4 heteroatoms. The fourth-order valence-corrected chi connectivity index (χ4v) is 3.34. The topological polar surface area (TPSA) is 71.4 Å². The highest BCUT2D eigenvalue weighted by Crippen LogP contribution is 2.36. The van der Waals surface area contributed by atoms with Gasteiger partial charge < -0.3 is 9.90 Å². The molecular weight excluding hydrogens is 352 g/mol. The zero-order valence-corrected chi connectivity index (χ0v) is 15.7. The third-order valence-electron chi connectivity index (χ3n) is 4.84. The van der Waals surface area contributed by atoms with Crippen LogP contribution in [0.25, 0.3) is 27.5 Å². The Hall–Kier alpha value is -3.53. The van der Waals surface area contributed by atoms with Crippen LogP contribution in [0.2, 0.25) is 0 Å². The number of phenols is 1. The lowest BCUT2D eigenvalue weighted by atomic mass is 9.90. The second-order valence-corrected chi connectivity index (χ2v) is 6.72. The molecule has 28 heavy (non-hydrogen) atoms. The van der Waals surface area contributed by atoms with Gasteiger partial charge in [-0.3, -0.25) is 9.59 Å². The molecule has 3 aromatic carbocycles. The summed E-state index contributed by atoms with van der Waals surface area (Å²) in [5, 5.41) is 11.8. The minimum Gasteiger partial charge on any atom is -0.507 e. The molecule has 0 aromatic heterocycles. The molecule has 0 aliphatic carbocycles. The van der Waals surface area contributed by atoms with Gasteiger partial charge in [0, 0.05) is 0 Å². The van der Waals surface area contributed by atoms with Crippen molar-refractivity contribution in [2.45, 2.75) is 13.8 Å². The molecule has 0 amide bonds. The lowest BCUT2D eigenvalue weighted by Gasteiger charge is -2.14. The monoisotopic (exact) mass is 372 g/mol. The van der Waals surface area contributed by atoms with Gasteiger partial charge in [-0.2, -0.15) is 0 Å². The van der Waals surface area contributed by atoms with Crippen molar-refractivity contribution in [2.24, 2.45) is 5.92 Å². The van der Waals surface area contributed by atoms with E-state index in [0.29, 0.717) is 12.6 Å². The van der Waals surface area contributed by atoms with Crippen LogP contribution in [0.1, 0.15) is 29.8 Å². The molecule has 0 saturated carbocycles. The van der Waals surface area contributed by atoms with Crippen LogP contribution < -0.4 is 0 Å². The van der Waals surface area contributed by atoms with Crippen LogP contribution in [0.3, 0.4) is 0 Å². The molecule has 0 aliphatic rings. The predicted octanol–water partition coefficient (Wildman–Crippen LogP) is 4.83. The Morgan fingerprint density at radius 2 is 1.71 bits per heavy atom. The molecule has 1 unspecified atom stereocenters. The number of hydrogen-bond acceptors (Lipinski definition) is 4. The van der Waals surface area contributed by atoms with E-state index in [1.807, 2.05) is 43.3 Å². The van der Waals surface area contributed by atoms with E-state index in [0.717, 1.165) is 33.0 Å². The molecule has 3 aromatic rings. The van der Waals surface area contributed by atoms with Gasteiger partial charge >= 0.3 is 0 Å². The smallest absolute Gasteiger partial charge is 0.153 e. The highest BCUT2D eigenvalue weighted by Gasteiger charge is 2.14. The van der Waals surface area contributed by atoms with Crippen LogP contribution in [0.5, 0.6) is 5.75 Å². The Bertz CT molecular complexity index is 1100. The molecule has 4 nitrogen and oxygen atoms in total. The zero-order chi connectivity index (χ0) is 20.3. The maximum Gasteiger partial charge on any atom is 0.153 e. The number of benzene rings is 3. The van der Waals surface area contributed by atoms with Gasteiger partial charge in [0.25, 0.3) is 0 Å². The number of allylic oxidation sites excluding steroid dienone is 2. The van der Waals surface area contributed by atoms with Crippen LogP contribution in [-0.4, -0.2) is 23.5 Å². The van der Waals surface area contributed by atoms with Crippen LogP contribution >= 0.6 is 0 Å². The summed E-state index contributed by atoms with van der Waals surface area (Å²) >= 11 is 0. The predicted molar refractivity (Wildman–Crippen MR) is 110 cm³/mol. The number of phenolic OH excluding ortho intramolecular Hbond substituents is 1. The lowest BCUT2D eigenvalue weighted by Crippen LogP contribution is -2.09. The van der Waals surface area contributed by atoms with Gasteiger partial charge in [0.1, 0.15) is 17.8 Å². The Balaban J connectivity index is 2.27. The van der Waals surface area contributed by atoms with Crippen molar-refractivity contribution < 1.29 is 19.5 Å². The normalized spacial score (nSPS) is 12.6. The fraction of sp³-hybridized carbons (Fsp3) is 0.125. The second kappa shape index (κ2) is 8.01. The summed E-state index contributed by atoms with van der Waals surface area (Å²) in [7, 11) is 0. The Morgan fingerprint density at radius 1 is 1.00 bits per heavy atom. The number of Topliss-reactive ketones (excluding diaryl/α,β-unsaturated/α-hetero) is 1. The Morgan fingerprint density at radius 3 is 2.36 bits per heavy atom. The standard InChI is InChI=1S/C24H20O4/c1-15(11-19(13-25)16(2)27)21-7-3-5-17-6-4-8-22(24(17)21)18-9-10-23(28)20(12-18)14-26/h3-14,19,28H,1-2H3/b15-11+. The van der Waals surface area contributed by atoms with Crippen molar-refractivity contribution in [2.75, 3.05) is 0 Å². The number of carbonyl (C=O) groups excluding carboxylic acids is 3. The third-order valence-corrected chi connectivity index (χ3v) is 4.84. The largest absolute Gasteiger partial charge is 0.507 e. The van der Waals surface area contributed by atoms with Crippen LogP contribution in [-0.2, 0) is 9.59 Å². The minimum absolute atomic E-state index is 0.0643. The van der Waals surface area contributed by atoms with Gasteiger partial charge in [-0.1, -0.05) is 48.5 Å². The zero-order valence-electron chi connectivity index (χ0n) is 15.7. The summed E-state index contributed by atoms with van der Waals surface area (Å²) in [5.41, 5.74) is 3.64. The van der Waals surface area contributed by atoms with E-state index >= 15 is 0 Å². The molecule has 3 rings (SSSR count). The molecule has 0 saturated heterocycles. The number of carbonyl (C=O) groups is 3. The van der Waals surface area contributed by atoms with Crippen molar-refractivity contribution in [1.82, 2.24) is 0 Å². The van der Waals surface area contributed by atoms with E-state index in [1.165, 1.54) is 13.0 Å². The van der Waals surface area contributed by atoms with Crippen LogP contribution in [0.4, 0.5) is 0 Å². The molecule has 1 N–H and O–H groups in total. The number of hydrogen-bond donors (Lipinski definition) is 1. The first-order valence-corrected chi connectivity index (χ1v) is 8.91. The van der Waals surface area contributed by atoms with Crippen molar-refractivity contribution >= 4 is 34.7 Å². The third kappa shape index (κ3) is 3.62. The molecule has 0 radical (unpaired) electrons. The van der Waals surface area contributed by atoms with E-state index in [9.17, 15) is 19.5 Å². The summed E-state index contributed by atoms with van der Waals surface area (Å²) in [4.78, 5) is 34.1. The maximum absolute atomic E-state index is 11.7. The van der Waals surface area contributed by atoms with Crippen molar-refractivity contribution in [3.8, 4) is 16.9 Å². The summed E-state index contributed by atoms with van der Waals surface area (Å²) in [5.74, 6) is -1.05. The van der Waals surface area contributed by atoms with Gasteiger partial charge in [-0.05, 0) is 59.0 Å². The van der Waals surface area contributed by atoms with Gasteiger partial charge in [0.2, 0.25) is 0 Å². The highest BCUT2D eigenvalue weighted by molar-refractivity contribution is 6.05. The second-order valence-electron chi connectivity index (χ2n) is 6.72. The lowest BCUT2D eigenvalue weighted by molar-refractivity contribution is -0.123. The number of aldehydes is 2. The van der Waals surface area contributed by atoms with Crippen LogP contribution in [0.15, 0.2) is 60.7 Å². The van der Waals surface area contributed by atoms with Gasteiger partial charge in [-0.25, -0.2) is 0 Å². The first kappa shape index (κ1) is 19.2. The Kier molecular flexibility index (Phi) is 5.50. The minimum atomic E-state index is -0.780. The van der Waals surface area contributed by atoms with Gasteiger partial charge in [-0.15, -0.1) is 0 Å². The van der Waals surface area contributed by atoms with E-state index < -0.39 is 5.92 Å². The highest BCUT2D eigenvalue weighted by atomic mass is 16.3. The summed E-state index contributed by atoms with van der Waals surface area (Å²) in [6, 6.07) is 16.6. The molecule has 0 fully saturated rings. The first-order chi connectivity index (χ1) is 13.5. The summed E-state index contributed by atoms with van der Waals surface area (Å²) < 4.78 is 0. The first-order valence-electron chi connectivity index (χ1n) is 8.91. The molecular formula is C24H20O4. The average Bonchev–Trinajstić information content (AvgIpc) is 2.71. The van der Waals surface area contributed by atoms with E-state index in [1.54, 1.807) is 18.2 Å². The molecule has 0 spiro atoms.